The van der Waals surface area contributed by atoms with Crippen molar-refractivity contribution >= 4 is 33.4 Å². The van der Waals surface area contributed by atoms with E-state index < -0.39 is 22.0 Å². The first-order valence-corrected chi connectivity index (χ1v) is 12.9. The van der Waals surface area contributed by atoms with Crippen molar-refractivity contribution in [2.24, 2.45) is 11.7 Å². The van der Waals surface area contributed by atoms with Crippen LogP contribution >= 0.6 is 11.6 Å². The number of primary amides is 1. The van der Waals surface area contributed by atoms with E-state index in [1.807, 2.05) is 13.8 Å². The summed E-state index contributed by atoms with van der Waals surface area (Å²) in [4.78, 5) is 26.8. The number of morpholine rings is 1. The largest absolute Gasteiger partial charge is 0.378 e. The zero-order valence-corrected chi connectivity index (χ0v) is 20.9. The van der Waals surface area contributed by atoms with Crippen LogP contribution in [0.5, 0.6) is 0 Å². The maximum atomic E-state index is 13.6. The molecule has 1 aliphatic rings. The highest BCUT2D eigenvalue weighted by molar-refractivity contribution is 7.89. The number of hydrogen-bond acceptors (Lipinski definition) is 5. The van der Waals surface area contributed by atoms with Crippen LogP contribution in [0.3, 0.4) is 0 Å². The lowest BCUT2D eigenvalue weighted by Gasteiger charge is -2.30. The maximum absolute atomic E-state index is 13.6. The number of nitrogens with zero attached hydrogens (tertiary/aromatic N) is 2. The molecule has 0 bridgehead atoms. The molecule has 1 atom stereocenters. The van der Waals surface area contributed by atoms with Gasteiger partial charge < -0.3 is 15.4 Å². The van der Waals surface area contributed by atoms with Gasteiger partial charge >= 0.3 is 0 Å². The van der Waals surface area contributed by atoms with Crippen LogP contribution in [0.25, 0.3) is 0 Å². The van der Waals surface area contributed by atoms with Gasteiger partial charge in [0.1, 0.15) is 6.04 Å². The summed E-state index contributed by atoms with van der Waals surface area (Å²) in [5.41, 5.74) is 6.79. The summed E-state index contributed by atoms with van der Waals surface area (Å²) >= 11 is 5.93. The molecule has 10 heteroatoms. The topological polar surface area (TPSA) is 110 Å². The van der Waals surface area contributed by atoms with Gasteiger partial charge in [0.05, 0.1) is 18.1 Å². The Kier molecular flexibility index (Phi) is 8.70. The van der Waals surface area contributed by atoms with Crippen molar-refractivity contribution in [1.29, 1.82) is 0 Å². The quantitative estimate of drug-likeness (QED) is 0.561. The highest BCUT2D eigenvalue weighted by Crippen LogP contribution is 2.26. The summed E-state index contributed by atoms with van der Waals surface area (Å²) in [5, 5.41) is 0.402. The first-order chi connectivity index (χ1) is 16.1. The third kappa shape index (κ3) is 6.35. The molecule has 0 saturated carbocycles. The summed E-state index contributed by atoms with van der Waals surface area (Å²) < 4.78 is 33.5. The summed E-state index contributed by atoms with van der Waals surface area (Å²) in [6, 6.07) is 11.5. The number of sulfonamides is 1. The number of rotatable bonds is 9. The number of amides is 2. The molecule has 2 amide bonds. The van der Waals surface area contributed by atoms with Crippen LogP contribution in [0.1, 0.15) is 36.2 Å². The lowest BCUT2D eigenvalue weighted by molar-refractivity contribution is -0.122. The summed E-state index contributed by atoms with van der Waals surface area (Å²) in [6.45, 7) is 5.80. The summed E-state index contributed by atoms with van der Waals surface area (Å²) in [5.74, 6) is -0.783. The van der Waals surface area contributed by atoms with Crippen molar-refractivity contribution in [1.82, 2.24) is 9.21 Å². The Balaban J connectivity index is 1.91. The van der Waals surface area contributed by atoms with E-state index >= 15 is 0 Å². The molecule has 1 saturated heterocycles. The lowest BCUT2D eigenvalue weighted by atomic mass is 10.0. The first kappa shape index (κ1) is 26.2. The molecule has 2 N–H and O–H groups in total. The predicted molar refractivity (Wildman–Crippen MR) is 130 cm³/mol. The minimum absolute atomic E-state index is 0.0195. The number of nitrogens with two attached hydrogens (primary N) is 1. The van der Waals surface area contributed by atoms with Crippen molar-refractivity contribution in [3.8, 4) is 0 Å². The molecule has 0 aromatic heterocycles. The average molecular weight is 508 g/mol. The zero-order chi connectivity index (χ0) is 24.9. The number of hydrogen-bond donors (Lipinski definition) is 1. The molecule has 2 aromatic rings. The smallest absolute Gasteiger partial charge is 0.254 e. The van der Waals surface area contributed by atoms with Gasteiger partial charge in [0.2, 0.25) is 15.9 Å². The van der Waals surface area contributed by atoms with Gasteiger partial charge in [-0.3, -0.25) is 9.59 Å². The van der Waals surface area contributed by atoms with Crippen molar-refractivity contribution < 1.29 is 22.7 Å². The van der Waals surface area contributed by atoms with E-state index in [1.165, 1.54) is 24.3 Å². The molecule has 0 unspecified atom stereocenters. The van der Waals surface area contributed by atoms with Gasteiger partial charge in [0.25, 0.3) is 5.91 Å². The Bertz CT molecular complexity index is 1100. The van der Waals surface area contributed by atoms with Crippen molar-refractivity contribution in [2.45, 2.75) is 37.8 Å². The fraction of sp³-hybridized carbons (Fsp3) is 0.417. The van der Waals surface area contributed by atoms with Crippen molar-refractivity contribution in [2.75, 3.05) is 26.3 Å². The molecule has 0 radical (unpaired) electrons. The Hall–Kier alpha value is -2.46. The summed E-state index contributed by atoms with van der Waals surface area (Å²) in [6.07, 6.45) is 0.274. The maximum Gasteiger partial charge on any atom is 0.254 e. The van der Waals surface area contributed by atoms with E-state index in [2.05, 4.69) is 0 Å². The molecule has 0 aliphatic carbocycles. The number of carbonyl (C=O) groups is 2. The molecule has 1 heterocycles. The van der Waals surface area contributed by atoms with E-state index in [-0.39, 0.29) is 29.7 Å². The molecule has 1 aliphatic heterocycles. The lowest BCUT2D eigenvalue weighted by Crippen LogP contribution is -2.48. The van der Waals surface area contributed by atoms with Gasteiger partial charge in [-0.1, -0.05) is 37.6 Å². The number of halogens is 1. The van der Waals surface area contributed by atoms with Gasteiger partial charge in [-0.15, -0.1) is 0 Å². The summed E-state index contributed by atoms with van der Waals surface area (Å²) in [7, 11) is -4.06. The minimum atomic E-state index is -4.06. The third-order valence-corrected chi connectivity index (χ3v) is 7.75. The van der Waals surface area contributed by atoms with Gasteiger partial charge in [0.15, 0.2) is 0 Å². The van der Waals surface area contributed by atoms with Crippen molar-refractivity contribution in [3.63, 3.8) is 0 Å². The zero-order valence-electron chi connectivity index (χ0n) is 19.3. The standard InChI is InChI=1S/C24H30ClN3O5S/c1-17(2)15-22(23(26)29)28(34(31,32)21-9-7-20(25)8-10-21)16-18-3-5-19(6-4-18)24(30)27-11-13-33-14-12-27/h3-10,17,22H,11-16H2,1-2H3,(H2,26,29)/t22-/m1/s1. The first-order valence-electron chi connectivity index (χ1n) is 11.1. The molecule has 3 rings (SSSR count). The van der Waals surface area contributed by atoms with E-state index in [0.29, 0.717) is 42.5 Å². The Labute approximate surface area is 205 Å². The second-order valence-corrected chi connectivity index (χ2v) is 11.0. The fourth-order valence-electron chi connectivity index (χ4n) is 3.81. The van der Waals surface area contributed by atoms with Crippen LogP contribution in [0.2, 0.25) is 5.02 Å². The van der Waals surface area contributed by atoms with Crippen LogP contribution in [-0.2, 0) is 26.1 Å². The van der Waals surface area contributed by atoms with Gasteiger partial charge in [-0.05, 0) is 54.3 Å². The number of ether oxygens (including phenoxy) is 1. The van der Waals surface area contributed by atoms with Crippen LogP contribution in [0, 0.1) is 5.92 Å². The van der Waals surface area contributed by atoms with Crippen molar-refractivity contribution in [3.05, 3.63) is 64.7 Å². The number of benzene rings is 2. The number of carbonyl (C=O) groups excluding carboxylic acids is 2. The van der Waals surface area contributed by atoms with Gasteiger partial charge in [-0.25, -0.2) is 8.42 Å². The molecule has 1 fully saturated rings. The van der Waals surface area contributed by atoms with Crippen LogP contribution < -0.4 is 5.73 Å². The van der Waals surface area contributed by atoms with Gasteiger partial charge in [0, 0.05) is 30.2 Å². The third-order valence-electron chi connectivity index (χ3n) is 5.63. The molecular formula is C24H30ClN3O5S. The Morgan fingerprint density at radius 1 is 1.06 bits per heavy atom. The monoisotopic (exact) mass is 507 g/mol. The minimum Gasteiger partial charge on any atom is -0.378 e. The Morgan fingerprint density at radius 3 is 2.18 bits per heavy atom. The molecule has 0 spiro atoms. The normalized spacial score (nSPS) is 15.5. The SMILES string of the molecule is CC(C)C[C@H](C(N)=O)N(Cc1ccc(C(=O)N2CCOCC2)cc1)S(=O)(=O)c1ccc(Cl)cc1. The second kappa shape index (κ2) is 11.3. The highest BCUT2D eigenvalue weighted by atomic mass is 35.5. The van der Waals surface area contributed by atoms with E-state index in [9.17, 15) is 18.0 Å². The average Bonchev–Trinajstić information content (AvgIpc) is 2.81. The second-order valence-electron chi connectivity index (χ2n) is 8.65. The van der Waals surface area contributed by atoms with Crippen LogP contribution in [0.15, 0.2) is 53.4 Å². The highest BCUT2D eigenvalue weighted by Gasteiger charge is 2.35. The molecule has 34 heavy (non-hydrogen) atoms. The van der Waals surface area contributed by atoms with E-state index in [0.717, 1.165) is 4.31 Å². The molecule has 184 valence electrons. The Morgan fingerprint density at radius 2 is 1.65 bits per heavy atom. The molecular weight excluding hydrogens is 478 g/mol. The fourth-order valence-corrected chi connectivity index (χ4v) is 5.53. The predicted octanol–water partition coefficient (Wildman–Crippen LogP) is 2.90. The molecule has 2 aromatic carbocycles. The van der Waals surface area contributed by atoms with E-state index in [1.54, 1.807) is 29.2 Å². The van der Waals surface area contributed by atoms with Crippen LogP contribution in [0.4, 0.5) is 0 Å². The van der Waals surface area contributed by atoms with Crippen LogP contribution in [-0.4, -0.2) is 61.8 Å². The van der Waals surface area contributed by atoms with Gasteiger partial charge in [-0.2, -0.15) is 4.31 Å². The molecule has 8 nitrogen and oxygen atoms in total. The van der Waals surface area contributed by atoms with E-state index in [4.69, 9.17) is 22.1 Å².